The van der Waals surface area contributed by atoms with Gasteiger partial charge in [0.25, 0.3) is 0 Å². The first-order chi connectivity index (χ1) is 28.2. The van der Waals surface area contributed by atoms with Crippen LogP contribution in [-0.2, 0) is 50.1 Å². The third kappa shape index (κ3) is 10.3. The Balaban J connectivity index is 1.07. The summed E-state index contributed by atoms with van der Waals surface area (Å²) in [7, 11) is 0. The molecule has 9 nitrogen and oxygen atoms in total. The lowest BCUT2D eigenvalue weighted by Crippen LogP contribution is -2.62. The maximum absolute atomic E-state index is 13.5. The maximum atomic E-state index is 13.5. The van der Waals surface area contributed by atoms with Crippen molar-refractivity contribution in [2.24, 2.45) is 0 Å². The molecule has 1 fully saturated rings. The Morgan fingerprint density at radius 1 is 0.596 bits per heavy atom. The Morgan fingerprint density at radius 3 is 1.68 bits per heavy atom. The predicted octanol–water partition coefficient (Wildman–Crippen LogP) is 9.14. The summed E-state index contributed by atoms with van der Waals surface area (Å²) in [4.78, 5) is 23.1. The number of carbonyl (C=O) groups is 1. The SMILES string of the molecule is O=C(c1cnc(NCC2OC(COCc3ccccc3)C(OCc3ccccc3)C(OCc3ccccc3)C2OCc2ccccc2)s1)c1nc2ccccc2s1. The monoisotopic (exact) mass is 797 g/mol. The van der Waals surface area contributed by atoms with Crippen molar-refractivity contribution in [1.82, 2.24) is 9.97 Å². The van der Waals surface area contributed by atoms with Crippen molar-refractivity contribution in [3.05, 3.63) is 184 Å². The number of rotatable bonds is 18. The van der Waals surface area contributed by atoms with Gasteiger partial charge in [-0.3, -0.25) is 4.79 Å². The highest BCUT2D eigenvalue weighted by atomic mass is 32.1. The second-order valence-electron chi connectivity index (χ2n) is 13.7. The summed E-state index contributed by atoms with van der Waals surface area (Å²) in [6.45, 7) is 2.06. The molecule has 8 rings (SSSR count). The van der Waals surface area contributed by atoms with Gasteiger partial charge < -0.3 is 29.0 Å². The zero-order chi connectivity index (χ0) is 38.7. The van der Waals surface area contributed by atoms with E-state index < -0.39 is 30.5 Å². The van der Waals surface area contributed by atoms with Crippen LogP contribution in [0.15, 0.2) is 152 Å². The van der Waals surface area contributed by atoms with Crippen LogP contribution in [0, 0.1) is 0 Å². The standard InChI is InChI=1S/C46H43N3O6S2/c50-41(45-49-36-23-13-14-24-39(36)56-45)40-26-48-46(57-40)47-25-37-42(52-28-33-17-7-2-8-18-33)44(54-30-35-21-11-4-12-22-35)43(53-29-34-19-9-3-10-20-34)38(55-37)31-51-27-32-15-5-1-6-16-32/h1-24,26,37-38,42-44H,25,27-31H2,(H,47,48). The van der Waals surface area contributed by atoms with Crippen LogP contribution < -0.4 is 5.32 Å². The summed E-state index contributed by atoms with van der Waals surface area (Å²) < 4.78 is 34.8. The van der Waals surface area contributed by atoms with Crippen molar-refractivity contribution in [3.63, 3.8) is 0 Å². The maximum Gasteiger partial charge on any atom is 0.233 e. The van der Waals surface area contributed by atoms with E-state index in [0.717, 1.165) is 32.5 Å². The molecule has 290 valence electrons. The third-order valence-corrected chi connectivity index (χ3v) is 11.6. The number of hydrogen-bond donors (Lipinski definition) is 1. The van der Waals surface area contributed by atoms with E-state index in [1.165, 1.54) is 22.7 Å². The number of ether oxygens (including phenoxy) is 5. The van der Waals surface area contributed by atoms with E-state index in [1.807, 2.05) is 146 Å². The molecule has 1 aliphatic rings. The van der Waals surface area contributed by atoms with Crippen molar-refractivity contribution < 1.29 is 28.5 Å². The van der Waals surface area contributed by atoms with Gasteiger partial charge in [-0.2, -0.15) is 0 Å². The Bertz CT molecular complexity index is 2260. The molecule has 3 heterocycles. The summed E-state index contributed by atoms with van der Waals surface area (Å²) in [6, 6.07) is 48.1. The molecular formula is C46H43N3O6S2. The molecule has 5 atom stereocenters. The summed E-state index contributed by atoms with van der Waals surface area (Å²) in [6.07, 6.45) is -1.06. The number of hydrogen-bond acceptors (Lipinski definition) is 11. The molecule has 57 heavy (non-hydrogen) atoms. The Morgan fingerprint density at radius 2 is 1.11 bits per heavy atom. The number of nitrogens with one attached hydrogen (secondary N) is 1. The second kappa shape index (κ2) is 19.4. The number of thiazole rings is 2. The van der Waals surface area contributed by atoms with Gasteiger partial charge in [-0.25, -0.2) is 9.97 Å². The van der Waals surface area contributed by atoms with Gasteiger partial charge in [-0.1, -0.05) is 145 Å². The molecule has 1 N–H and O–H groups in total. The van der Waals surface area contributed by atoms with E-state index in [-0.39, 0.29) is 12.4 Å². The van der Waals surface area contributed by atoms with E-state index in [4.69, 9.17) is 23.7 Å². The van der Waals surface area contributed by atoms with Crippen LogP contribution >= 0.6 is 22.7 Å². The molecule has 1 saturated heterocycles. The highest BCUT2D eigenvalue weighted by molar-refractivity contribution is 7.22. The molecule has 2 aromatic heterocycles. The van der Waals surface area contributed by atoms with E-state index in [9.17, 15) is 4.79 Å². The molecular weight excluding hydrogens is 755 g/mol. The minimum Gasteiger partial charge on any atom is -0.374 e. The van der Waals surface area contributed by atoms with Crippen LogP contribution in [0.5, 0.6) is 0 Å². The Labute approximate surface area is 340 Å². The van der Waals surface area contributed by atoms with E-state index in [0.29, 0.717) is 48.0 Å². The molecule has 7 aromatic rings. The van der Waals surface area contributed by atoms with Crippen LogP contribution in [0.2, 0.25) is 0 Å². The fraction of sp³-hybridized carbons (Fsp3) is 0.239. The van der Waals surface area contributed by atoms with Crippen LogP contribution in [0.3, 0.4) is 0 Å². The largest absolute Gasteiger partial charge is 0.374 e. The van der Waals surface area contributed by atoms with Gasteiger partial charge in [-0.05, 0) is 34.4 Å². The van der Waals surface area contributed by atoms with Gasteiger partial charge in [0.2, 0.25) is 5.78 Å². The fourth-order valence-electron chi connectivity index (χ4n) is 6.77. The van der Waals surface area contributed by atoms with E-state index in [2.05, 4.69) is 15.3 Å². The second-order valence-corrected chi connectivity index (χ2v) is 15.8. The average Bonchev–Trinajstić information content (AvgIpc) is 3.93. The molecule has 0 saturated carbocycles. The fourth-order valence-corrected chi connectivity index (χ4v) is 8.52. The smallest absolute Gasteiger partial charge is 0.233 e. The van der Waals surface area contributed by atoms with Gasteiger partial charge in [0.15, 0.2) is 10.1 Å². The minimum absolute atomic E-state index is 0.150. The highest BCUT2D eigenvalue weighted by Crippen LogP contribution is 2.32. The van der Waals surface area contributed by atoms with Crippen LogP contribution in [0.4, 0.5) is 5.13 Å². The normalized spacial score (nSPS) is 19.4. The third-order valence-electron chi connectivity index (χ3n) is 9.65. The number of fused-ring (bicyclic) bond motifs is 1. The zero-order valence-electron chi connectivity index (χ0n) is 31.2. The molecule has 0 bridgehead atoms. The Hall–Kier alpha value is -5.11. The average molecular weight is 798 g/mol. The number of para-hydroxylation sites is 1. The lowest BCUT2D eigenvalue weighted by molar-refractivity contribution is -0.269. The van der Waals surface area contributed by atoms with Gasteiger partial charge in [0, 0.05) is 6.54 Å². The Kier molecular flexibility index (Phi) is 13.2. The van der Waals surface area contributed by atoms with Crippen molar-refractivity contribution in [2.45, 2.75) is 56.9 Å². The van der Waals surface area contributed by atoms with Crippen molar-refractivity contribution >= 4 is 43.8 Å². The molecule has 0 spiro atoms. The molecule has 0 amide bonds. The van der Waals surface area contributed by atoms with Crippen LogP contribution in [0.1, 0.15) is 36.9 Å². The lowest BCUT2D eigenvalue weighted by Gasteiger charge is -2.46. The number of ketones is 1. The van der Waals surface area contributed by atoms with E-state index >= 15 is 0 Å². The number of anilines is 1. The molecule has 11 heteroatoms. The number of carbonyl (C=O) groups excluding carboxylic acids is 1. The van der Waals surface area contributed by atoms with E-state index in [1.54, 1.807) is 6.20 Å². The summed E-state index contributed by atoms with van der Waals surface area (Å²) in [5.74, 6) is -0.150. The summed E-state index contributed by atoms with van der Waals surface area (Å²) >= 11 is 2.67. The molecule has 5 unspecified atom stereocenters. The molecule has 5 aromatic carbocycles. The number of aromatic nitrogens is 2. The molecule has 0 aliphatic carbocycles. The summed E-state index contributed by atoms with van der Waals surface area (Å²) in [5.41, 5.74) is 4.97. The first-order valence-corrected chi connectivity index (χ1v) is 20.6. The van der Waals surface area contributed by atoms with Gasteiger partial charge in [0.05, 0.1) is 54.3 Å². The van der Waals surface area contributed by atoms with Crippen molar-refractivity contribution in [3.8, 4) is 0 Å². The van der Waals surface area contributed by atoms with Crippen LogP contribution in [-0.4, -0.2) is 59.4 Å². The quantitative estimate of drug-likeness (QED) is 0.0853. The first kappa shape index (κ1) is 38.7. The first-order valence-electron chi connectivity index (χ1n) is 19.0. The van der Waals surface area contributed by atoms with Gasteiger partial charge in [-0.15, -0.1) is 11.3 Å². The van der Waals surface area contributed by atoms with Crippen molar-refractivity contribution in [1.29, 1.82) is 0 Å². The van der Waals surface area contributed by atoms with Gasteiger partial charge >= 0.3 is 0 Å². The molecule has 0 radical (unpaired) electrons. The highest BCUT2D eigenvalue weighted by Gasteiger charge is 2.48. The minimum atomic E-state index is -0.559. The lowest BCUT2D eigenvalue weighted by atomic mass is 9.93. The molecule has 1 aliphatic heterocycles. The van der Waals surface area contributed by atoms with Crippen LogP contribution in [0.25, 0.3) is 10.2 Å². The zero-order valence-corrected chi connectivity index (χ0v) is 32.9. The number of nitrogens with zero attached hydrogens (tertiary/aromatic N) is 2. The summed E-state index contributed by atoms with van der Waals surface area (Å²) in [5, 5.41) is 4.49. The van der Waals surface area contributed by atoms with Gasteiger partial charge in [0.1, 0.15) is 30.5 Å². The topological polar surface area (TPSA) is 101 Å². The number of benzene rings is 5. The predicted molar refractivity (Wildman–Crippen MR) is 223 cm³/mol. The van der Waals surface area contributed by atoms with Crippen molar-refractivity contribution in [2.75, 3.05) is 18.5 Å².